The van der Waals surface area contributed by atoms with E-state index in [1.165, 1.54) is 12.1 Å². The van der Waals surface area contributed by atoms with Gasteiger partial charge in [0.15, 0.2) is 0 Å². The van der Waals surface area contributed by atoms with Crippen LogP contribution in [0.2, 0.25) is 0 Å². The molecule has 0 bridgehead atoms. The third kappa shape index (κ3) is 2.88. The second-order valence-electron chi connectivity index (χ2n) is 3.80. The molecule has 0 saturated heterocycles. The van der Waals surface area contributed by atoms with Gasteiger partial charge < -0.3 is 10.3 Å². The van der Waals surface area contributed by atoms with Crippen molar-refractivity contribution < 1.29 is 8.78 Å². The Kier molecular flexibility index (Phi) is 3.49. The zero-order valence-corrected chi connectivity index (χ0v) is 9.37. The number of hydrogen-bond donors (Lipinski definition) is 2. The fraction of sp³-hybridized carbons (Fsp3) is 0.250. The molecule has 2 aromatic rings. The predicted molar refractivity (Wildman–Crippen MR) is 60.2 cm³/mol. The van der Waals surface area contributed by atoms with Crippen molar-refractivity contribution in [3.05, 3.63) is 53.6 Å². The average Bonchev–Trinajstić information content (AvgIpc) is 2.78. The monoisotopic (exact) mass is 237 g/mol. The second kappa shape index (κ2) is 5.05. The molecule has 3 nitrogen and oxygen atoms in total. The summed E-state index contributed by atoms with van der Waals surface area (Å²) in [6.45, 7) is 2.32. The first-order valence-electron chi connectivity index (χ1n) is 5.33. The van der Waals surface area contributed by atoms with Crippen LogP contribution < -0.4 is 5.32 Å². The van der Waals surface area contributed by atoms with Crippen LogP contribution in [0.3, 0.4) is 0 Å². The molecule has 1 aromatic carbocycles. The van der Waals surface area contributed by atoms with Gasteiger partial charge in [0.1, 0.15) is 17.5 Å². The van der Waals surface area contributed by atoms with Gasteiger partial charge in [-0.05, 0) is 13.0 Å². The Morgan fingerprint density at radius 1 is 1.41 bits per heavy atom. The lowest BCUT2D eigenvalue weighted by molar-refractivity contribution is 0.512. The summed E-state index contributed by atoms with van der Waals surface area (Å²) in [5.41, 5.74) is 0.443. The van der Waals surface area contributed by atoms with Crippen molar-refractivity contribution in [2.45, 2.75) is 19.5 Å². The molecule has 17 heavy (non-hydrogen) atoms. The first kappa shape index (κ1) is 11.7. The lowest BCUT2D eigenvalue weighted by Crippen LogP contribution is -2.19. The highest BCUT2D eigenvalue weighted by Crippen LogP contribution is 2.17. The van der Waals surface area contributed by atoms with Crippen LogP contribution in [0, 0.1) is 11.6 Å². The van der Waals surface area contributed by atoms with Crippen LogP contribution in [0.15, 0.2) is 30.6 Å². The zero-order chi connectivity index (χ0) is 12.3. The Hall–Kier alpha value is -1.75. The Morgan fingerprint density at radius 3 is 2.88 bits per heavy atom. The number of nitrogens with one attached hydrogen (secondary N) is 2. The predicted octanol–water partition coefficient (Wildman–Crippen LogP) is 2.54. The van der Waals surface area contributed by atoms with Crippen molar-refractivity contribution in [1.29, 1.82) is 0 Å². The molecule has 2 rings (SSSR count). The van der Waals surface area contributed by atoms with Gasteiger partial charge >= 0.3 is 0 Å². The Labute approximate surface area is 97.9 Å². The maximum atomic E-state index is 13.5. The van der Waals surface area contributed by atoms with Gasteiger partial charge in [0.2, 0.25) is 0 Å². The summed E-state index contributed by atoms with van der Waals surface area (Å²) >= 11 is 0. The van der Waals surface area contributed by atoms with E-state index in [9.17, 15) is 8.78 Å². The van der Waals surface area contributed by atoms with E-state index >= 15 is 0 Å². The van der Waals surface area contributed by atoms with E-state index in [1.54, 1.807) is 12.4 Å². The molecule has 1 aromatic heterocycles. The minimum Gasteiger partial charge on any atom is -0.348 e. The molecule has 0 fully saturated rings. The van der Waals surface area contributed by atoms with Gasteiger partial charge in [-0.25, -0.2) is 13.8 Å². The maximum Gasteiger partial charge on any atom is 0.130 e. The quantitative estimate of drug-likeness (QED) is 0.857. The minimum absolute atomic E-state index is 0.208. The van der Waals surface area contributed by atoms with Crippen LogP contribution in [0.5, 0.6) is 0 Å². The fourth-order valence-corrected chi connectivity index (χ4v) is 1.61. The minimum atomic E-state index is -0.565. The van der Waals surface area contributed by atoms with Gasteiger partial charge in [-0.3, -0.25) is 0 Å². The summed E-state index contributed by atoms with van der Waals surface area (Å²) in [6.07, 6.45) is 3.38. The number of H-pyrrole nitrogens is 1. The number of aromatic amines is 1. The molecular weight excluding hydrogens is 224 g/mol. The topological polar surface area (TPSA) is 40.7 Å². The summed E-state index contributed by atoms with van der Waals surface area (Å²) < 4.78 is 26.2. The van der Waals surface area contributed by atoms with Crippen molar-refractivity contribution in [3.8, 4) is 0 Å². The van der Waals surface area contributed by atoms with Crippen molar-refractivity contribution in [2.24, 2.45) is 0 Å². The average molecular weight is 237 g/mol. The smallest absolute Gasteiger partial charge is 0.130 e. The largest absolute Gasteiger partial charge is 0.348 e. The molecule has 0 spiro atoms. The third-order valence-corrected chi connectivity index (χ3v) is 2.56. The Morgan fingerprint density at radius 2 is 2.24 bits per heavy atom. The molecule has 0 aliphatic rings. The summed E-state index contributed by atoms with van der Waals surface area (Å²) in [5, 5.41) is 3.11. The highest BCUT2D eigenvalue weighted by molar-refractivity contribution is 5.21. The van der Waals surface area contributed by atoms with E-state index in [2.05, 4.69) is 15.3 Å². The van der Waals surface area contributed by atoms with E-state index in [0.717, 1.165) is 11.9 Å². The van der Waals surface area contributed by atoms with Crippen molar-refractivity contribution in [2.75, 3.05) is 0 Å². The molecule has 2 N–H and O–H groups in total. The molecule has 0 amide bonds. The van der Waals surface area contributed by atoms with Gasteiger partial charge in [-0.15, -0.1) is 0 Å². The van der Waals surface area contributed by atoms with Crippen molar-refractivity contribution in [1.82, 2.24) is 15.3 Å². The van der Waals surface area contributed by atoms with Crippen molar-refractivity contribution >= 4 is 0 Å². The maximum absolute atomic E-state index is 13.5. The van der Waals surface area contributed by atoms with Gasteiger partial charge in [0.05, 0.1) is 6.54 Å². The van der Waals surface area contributed by atoms with Crippen LogP contribution >= 0.6 is 0 Å². The van der Waals surface area contributed by atoms with E-state index in [1.807, 2.05) is 6.92 Å². The molecule has 90 valence electrons. The number of nitrogens with zero attached hydrogens (tertiary/aromatic N) is 1. The number of rotatable bonds is 4. The molecule has 5 heteroatoms. The molecule has 1 unspecified atom stereocenters. The summed E-state index contributed by atoms with van der Waals surface area (Å²) in [5.74, 6) is -0.326. The Balaban J connectivity index is 2.01. The van der Waals surface area contributed by atoms with Crippen molar-refractivity contribution in [3.63, 3.8) is 0 Å². The molecule has 1 heterocycles. The van der Waals surface area contributed by atoms with Gasteiger partial charge in [0, 0.05) is 30.1 Å². The van der Waals surface area contributed by atoms with Crippen LogP contribution in [-0.2, 0) is 6.54 Å². The van der Waals surface area contributed by atoms with E-state index in [0.29, 0.717) is 12.1 Å². The molecule has 0 aliphatic carbocycles. The second-order valence-corrected chi connectivity index (χ2v) is 3.80. The standard InChI is InChI=1S/C12H13F2N3/c1-8(17-7-12-15-4-5-16-12)10-3-2-9(13)6-11(10)14/h2-6,8,17H,7H2,1H3,(H,15,16). The SMILES string of the molecule is CC(NCc1ncc[nH]1)c1ccc(F)cc1F. The van der Waals surface area contributed by atoms with Gasteiger partial charge in [-0.2, -0.15) is 0 Å². The number of imidazole rings is 1. The number of benzene rings is 1. The van der Waals surface area contributed by atoms with Crippen LogP contribution in [0.4, 0.5) is 8.78 Å². The van der Waals surface area contributed by atoms with Gasteiger partial charge in [-0.1, -0.05) is 6.07 Å². The molecular formula is C12H13F2N3. The molecule has 0 aliphatic heterocycles. The van der Waals surface area contributed by atoms with E-state index in [4.69, 9.17) is 0 Å². The summed E-state index contributed by atoms with van der Waals surface area (Å²) in [6, 6.07) is 3.38. The van der Waals surface area contributed by atoms with E-state index in [-0.39, 0.29) is 6.04 Å². The fourth-order valence-electron chi connectivity index (χ4n) is 1.61. The highest BCUT2D eigenvalue weighted by atomic mass is 19.1. The summed E-state index contributed by atoms with van der Waals surface area (Å²) in [7, 11) is 0. The first-order chi connectivity index (χ1) is 8.16. The number of aromatic nitrogens is 2. The Bertz CT molecular complexity index is 483. The van der Waals surface area contributed by atoms with Crippen LogP contribution in [-0.4, -0.2) is 9.97 Å². The highest BCUT2D eigenvalue weighted by Gasteiger charge is 2.11. The van der Waals surface area contributed by atoms with E-state index < -0.39 is 11.6 Å². The molecule has 1 atom stereocenters. The summed E-state index contributed by atoms with van der Waals surface area (Å²) in [4.78, 5) is 6.99. The third-order valence-electron chi connectivity index (χ3n) is 2.56. The molecule has 0 radical (unpaired) electrons. The lowest BCUT2D eigenvalue weighted by atomic mass is 10.1. The normalized spacial score (nSPS) is 12.6. The number of halogens is 2. The lowest BCUT2D eigenvalue weighted by Gasteiger charge is -2.14. The van der Waals surface area contributed by atoms with Gasteiger partial charge in [0.25, 0.3) is 0 Å². The van der Waals surface area contributed by atoms with Crippen LogP contribution in [0.1, 0.15) is 24.4 Å². The number of hydrogen-bond acceptors (Lipinski definition) is 2. The molecule has 0 saturated carbocycles. The zero-order valence-electron chi connectivity index (χ0n) is 9.37. The first-order valence-corrected chi connectivity index (χ1v) is 5.33. The van der Waals surface area contributed by atoms with Crippen LogP contribution in [0.25, 0.3) is 0 Å².